The van der Waals surface area contributed by atoms with Gasteiger partial charge in [-0.05, 0) is 60.7 Å². The standard InChI is InChI=1S/C21H23NO/c1-22-12-10-17(11-13-22)21-19-5-3-2-4-15(19)6-7-16-8-9-18(23)14-20(16)21/h2-5,8-10,14,21,23H,6-7,11-13H2,1H3. The Kier molecular flexibility index (Phi) is 3.70. The summed E-state index contributed by atoms with van der Waals surface area (Å²) >= 11 is 0. The van der Waals surface area contributed by atoms with Gasteiger partial charge in [-0.25, -0.2) is 0 Å². The Hall–Kier alpha value is -2.06. The summed E-state index contributed by atoms with van der Waals surface area (Å²) in [7, 11) is 2.17. The van der Waals surface area contributed by atoms with E-state index in [0.717, 1.165) is 32.4 Å². The second-order valence-electron chi connectivity index (χ2n) is 6.81. The molecule has 2 nitrogen and oxygen atoms in total. The third-order valence-corrected chi connectivity index (χ3v) is 5.29. The van der Waals surface area contributed by atoms with E-state index in [0.29, 0.717) is 11.7 Å². The molecule has 4 rings (SSSR count). The molecule has 0 aromatic heterocycles. The zero-order chi connectivity index (χ0) is 15.8. The van der Waals surface area contributed by atoms with Gasteiger partial charge in [0.15, 0.2) is 0 Å². The van der Waals surface area contributed by atoms with Crippen LogP contribution in [0.15, 0.2) is 54.1 Å². The second kappa shape index (κ2) is 5.86. The highest BCUT2D eigenvalue weighted by Crippen LogP contribution is 2.41. The number of nitrogens with zero attached hydrogens (tertiary/aromatic N) is 1. The van der Waals surface area contributed by atoms with Crippen LogP contribution in [0.5, 0.6) is 5.75 Å². The SMILES string of the molecule is CN1CC=C(C2c3ccccc3CCc3ccc(O)cc32)CC1. The van der Waals surface area contributed by atoms with Gasteiger partial charge in [-0.1, -0.05) is 42.0 Å². The predicted octanol–water partition coefficient (Wildman–Crippen LogP) is 3.88. The highest BCUT2D eigenvalue weighted by atomic mass is 16.3. The van der Waals surface area contributed by atoms with Crippen LogP contribution in [-0.2, 0) is 12.8 Å². The van der Waals surface area contributed by atoms with Gasteiger partial charge in [0.05, 0.1) is 0 Å². The number of aromatic hydroxyl groups is 1. The van der Waals surface area contributed by atoms with E-state index in [-0.39, 0.29) is 0 Å². The van der Waals surface area contributed by atoms with Crippen LogP contribution >= 0.6 is 0 Å². The molecule has 1 aliphatic heterocycles. The van der Waals surface area contributed by atoms with E-state index < -0.39 is 0 Å². The molecular formula is C21H23NO. The molecule has 0 amide bonds. The highest BCUT2D eigenvalue weighted by Gasteiger charge is 2.27. The van der Waals surface area contributed by atoms with Gasteiger partial charge in [-0.15, -0.1) is 0 Å². The van der Waals surface area contributed by atoms with Crippen LogP contribution in [0.1, 0.15) is 34.6 Å². The average molecular weight is 305 g/mol. The molecule has 0 saturated heterocycles. The number of phenols is 1. The number of phenolic OH excluding ortho intramolecular Hbond substituents is 1. The van der Waals surface area contributed by atoms with E-state index in [1.165, 1.54) is 27.8 Å². The summed E-state index contributed by atoms with van der Waals surface area (Å²) in [5.74, 6) is 0.672. The Morgan fingerprint density at radius 3 is 2.52 bits per heavy atom. The molecule has 1 unspecified atom stereocenters. The maximum Gasteiger partial charge on any atom is 0.115 e. The maximum absolute atomic E-state index is 10.1. The van der Waals surface area contributed by atoms with Crippen molar-refractivity contribution in [1.29, 1.82) is 0 Å². The van der Waals surface area contributed by atoms with Crippen molar-refractivity contribution in [3.05, 3.63) is 76.4 Å². The minimum absolute atomic E-state index is 0.296. The predicted molar refractivity (Wildman–Crippen MR) is 94.0 cm³/mol. The van der Waals surface area contributed by atoms with Gasteiger partial charge in [0.1, 0.15) is 5.75 Å². The van der Waals surface area contributed by atoms with Crippen molar-refractivity contribution in [2.24, 2.45) is 0 Å². The van der Waals surface area contributed by atoms with E-state index in [9.17, 15) is 5.11 Å². The smallest absolute Gasteiger partial charge is 0.115 e. The third kappa shape index (κ3) is 2.68. The largest absolute Gasteiger partial charge is 0.508 e. The fourth-order valence-corrected chi connectivity index (χ4v) is 4.01. The van der Waals surface area contributed by atoms with Crippen LogP contribution in [0.3, 0.4) is 0 Å². The fraction of sp³-hybridized carbons (Fsp3) is 0.333. The maximum atomic E-state index is 10.1. The Balaban J connectivity index is 1.90. The lowest BCUT2D eigenvalue weighted by Gasteiger charge is -2.29. The lowest BCUT2D eigenvalue weighted by Crippen LogP contribution is -2.26. The normalized spacial score (nSPS) is 21.1. The van der Waals surface area contributed by atoms with Crippen molar-refractivity contribution in [3.8, 4) is 5.75 Å². The molecule has 1 aliphatic carbocycles. The number of likely N-dealkylation sites (N-methyl/N-ethyl adjacent to an activating group) is 1. The molecule has 0 radical (unpaired) electrons. The number of hydrogen-bond acceptors (Lipinski definition) is 2. The Bertz CT molecular complexity index is 762. The molecular weight excluding hydrogens is 282 g/mol. The number of aryl methyl sites for hydroxylation is 2. The molecule has 0 fully saturated rings. The van der Waals surface area contributed by atoms with E-state index in [1.54, 1.807) is 0 Å². The first-order chi connectivity index (χ1) is 11.2. The minimum Gasteiger partial charge on any atom is -0.508 e. The molecule has 118 valence electrons. The monoisotopic (exact) mass is 305 g/mol. The lowest BCUT2D eigenvalue weighted by molar-refractivity contribution is 0.355. The summed E-state index contributed by atoms with van der Waals surface area (Å²) in [6.45, 7) is 2.13. The Labute approximate surface area is 138 Å². The number of hydrogen-bond donors (Lipinski definition) is 1. The highest BCUT2D eigenvalue weighted by molar-refractivity contribution is 5.52. The topological polar surface area (TPSA) is 23.5 Å². The van der Waals surface area contributed by atoms with Crippen LogP contribution in [-0.4, -0.2) is 30.1 Å². The van der Waals surface area contributed by atoms with Crippen LogP contribution in [0.4, 0.5) is 0 Å². The molecule has 1 heterocycles. The van der Waals surface area contributed by atoms with E-state index >= 15 is 0 Å². The van der Waals surface area contributed by atoms with Gasteiger partial charge in [0.25, 0.3) is 0 Å². The number of rotatable bonds is 1. The summed E-state index contributed by atoms with van der Waals surface area (Å²) in [6.07, 6.45) is 5.63. The first-order valence-electron chi connectivity index (χ1n) is 8.49. The summed E-state index contributed by atoms with van der Waals surface area (Å²) < 4.78 is 0. The second-order valence-corrected chi connectivity index (χ2v) is 6.81. The minimum atomic E-state index is 0.296. The number of benzene rings is 2. The molecule has 2 aromatic rings. The van der Waals surface area contributed by atoms with Gasteiger partial charge in [-0.3, -0.25) is 0 Å². The molecule has 2 aliphatic rings. The van der Waals surface area contributed by atoms with Crippen LogP contribution in [0, 0.1) is 0 Å². The van der Waals surface area contributed by atoms with Crippen molar-refractivity contribution < 1.29 is 5.11 Å². The van der Waals surface area contributed by atoms with Crippen molar-refractivity contribution in [1.82, 2.24) is 4.90 Å². The van der Waals surface area contributed by atoms with Gasteiger partial charge in [0, 0.05) is 19.0 Å². The van der Waals surface area contributed by atoms with E-state index in [4.69, 9.17) is 0 Å². The zero-order valence-corrected chi connectivity index (χ0v) is 13.6. The first-order valence-corrected chi connectivity index (χ1v) is 8.49. The molecule has 0 saturated carbocycles. The van der Waals surface area contributed by atoms with Crippen molar-refractivity contribution >= 4 is 0 Å². The molecule has 23 heavy (non-hydrogen) atoms. The zero-order valence-electron chi connectivity index (χ0n) is 13.6. The molecule has 0 spiro atoms. The van der Waals surface area contributed by atoms with Gasteiger partial charge in [-0.2, -0.15) is 0 Å². The van der Waals surface area contributed by atoms with Gasteiger partial charge >= 0.3 is 0 Å². The van der Waals surface area contributed by atoms with Crippen molar-refractivity contribution in [3.63, 3.8) is 0 Å². The van der Waals surface area contributed by atoms with Gasteiger partial charge in [0.2, 0.25) is 0 Å². The quantitative estimate of drug-likeness (QED) is 0.808. The van der Waals surface area contributed by atoms with E-state index in [2.05, 4.69) is 48.4 Å². The van der Waals surface area contributed by atoms with Crippen LogP contribution in [0.25, 0.3) is 0 Å². The summed E-state index contributed by atoms with van der Waals surface area (Å²) in [5, 5.41) is 10.1. The summed E-state index contributed by atoms with van der Waals surface area (Å²) in [5.41, 5.74) is 7.06. The molecule has 2 aromatic carbocycles. The van der Waals surface area contributed by atoms with Gasteiger partial charge < -0.3 is 10.0 Å². The summed E-state index contributed by atoms with van der Waals surface area (Å²) in [4.78, 5) is 2.36. The number of fused-ring (bicyclic) bond motifs is 2. The Morgan fingerprint density at radius 1 is 0.957 bits per heavy atom. The first kappa shape index (κ1) is 14.5. The van der Waals surface area contributed by atoms with Crippen molar-refractivity contribution in [2.45, 2.75) is 25.2 Å². The molecule has 0 bridgehead atoms. The van der Waals surface area contributed by atoms with E-state index in [1.807, 2.05) is 12.1 Å². The fourth-order valence-electron chi connectivity index (χ4n) is 4.01. The Morgan fingerprint density at radius 2 is 1.74 bits per heavy atom. The molecule has 1 N–H and O–H groups in total. The average Bonchev–Trinajstić information content (AvgIpc) is 2.72. The molecule has 1 atom stereocenters. The summed E-state index contributed by atoms with van der Waals surface area (Å²) in [6, 6.07) is 14.8. The van der Waals surface area contributed by atoms with Crippen LogP contribution in [0.2, 0.25) is 0 Å². The third-order valence-electron chi connectivity index (χ3n) is 5.29. The van der Waals surface area contributed by atoms with Crippen molar-refractivity contribution in [2.75, 3.05) is 20.1 Å². The lowest BCUT2D eigenvalue weighted by atomic mass is 9.80. The van der Waals surface area contributed by atoms with Crippen LogP contribution < -0.4 is 0 Å². The molecule has 2 heteroatoms.